The fourth-order valence-corrected chi connectivity index (χ4v) is 2.38. The van der Waals surface area contributed by atoms with Crippen molar-refractivity contribution in [3.05, 3.63) is 0 Å². The molecule has 3 atom stereocenters. The molecule has 1 heterocycles. The summed E-state index contributed by atoms with van der Waals surface area (Å²) in [5.74, 6) is -1.12. The number of nitrogens with one attached hydrogen (secondary N) is 1. The molecule has 0 aromatic carbocycles. The molecule has 0 aromatic heterocycles. The maximum atomic E-state index is 12.3. The van der Waals surface area contributed by atoms with Crippen LogP contribution in [0.3, 0.4) is 0 Å². The van der Waals surface area contributed by atoms with Crippen molar-refractivity contribution < 1.29 is 19.4 Å². The number of ether oxygens (including phenoxy) is 1. The number of carbonyl (C=O) groups excluding carboxylic acids is 1. The summed E-state index contributed by atoms with van der Waals surface area (Å²) in [5, 5.41) is 11.8. The van der Waals surface area contributed by atoms with Gasteiger partial charge in [0, 0.05) is 12.6 Å². The second-order valence-electron chi connectivity index (χ2n) is 6.24. The Bertz CT molecular complexity index is 335. The van der Waals surface area contributed by atoms with Gasteiger partial charge in [0.25, 0.3) is 0 Å². The lowest BCUT2D eigenvalue weighted by atomic mass is 9.84. The van der Waals surface area contributed by atoms with Gasteiger partial charge in [0.15, 0.2) is 0 Å². The molecule has 5 nitrogen and oxygen atoms in total. The SMILES string of the molecule is CCC1OCCC1C(=O)NC(CC(=O)O)C(C)(C)C. The van der Waals surface area contributed by atoms with Crippen LogP contribution >= 0.6 is 0 Å². The molecule has 2 N–H and O–H groups in total. The smallest absolute Gasteiger partial charge is 0.305 e. The van der Waals surface area contributed by atoms with Crippen LogP contribution < -0.4 is 5.32 Å². The molecular formula is C14H25NO4. The summed E-state index contributed by atoms with van der Waals surface area (Å²) in [6, 6.07) is -0.365. The monoisotopic (exact) mass is 271 g/mol. The average molecular weight is 271 g/mol. The number of aliphatic carboxylic acids is 1. The molecule has 1 saturated heterocycles. The van der Waals surface area contributed by atoms with Crippen LogP contribution in [0.15, 0.2) is 0 Å². The van der Waals surface area contributed by atoms with E-state index in [4.69, 9.17) is 9.84 Å². The van der Waals surface area contributed by atoms with E-state index >= 15 is 0 Å². The van der Waals surface area contributed by atoms with Crippen molar-refractivity contribution in [1.29, 1.82) is 0 Å². The van der Waals surface area contributed by atoms with Gasteiger partial charge in [0.1, 0.15) is 0 Å². The summed E-state index contributed by atoms with van der Waals surface area (Å²) in [7, 11) is 0. The molecule has 3 unspecified atom stereocenters. The second-order valence-corrected chi connectivity index (χ2v) is 6.24. The van der Waals surface area contributed by atoms with Gasteiger partial charge < -0.3 is 15.2 Å². The van der Waals surface area contributed by atoms with Crippen molar-refractivity contribution in [2.24, 2.45) is 11.3 Å². The van der Waals surface area contributed by atoms with Crippen molar-refractivity contribution in [2.45, 2.75) is 59.1 Å². The highest BCUT2D eigenvalue weighted by Gasteiger charge is 2.36. The van der Waals surface area contributed by atoms with Crippen LogP contribution in [0.2, 0.25) is 0 Å². The van der Waals surface area contributed by atoms with Gasteiger partial charge in [-0.05, 0) is 18.3 Å². The van der Waals surface area contributed by atoms with Gasteiger partial charge >= 0.3 is 5.97 Å². The zero-order valence-corrected chi connectivity index (χ0v) is 12.2. The standard InChI is InChI=1S/C14H25NO4/c1-5-10-9(6-7-19-10)13(18)15-11(8-12(16)17)14(2,3)4/h9-11H,5-8H2,1-4H3,(H,15,18)(H,16,17). The lowest BCUT2D eigenvalue weighted by Gasteiger charge is -2.31. The molecule has 1 amide bonds. The summed E-state index contributed by atoms with van der Waals surface area (Å²) >= 11 is 0. The molecule has 0 spiro atoms. The van der Waals surface area contributed by atoms with E-state index in [2.05, 4.69) is 5.32 Å². The van der Waals surface area contributed by atoms with E-state index in [0.717, 1.165) is 6.42 Å². The van der Waals surface area contributed by atoms with Gasteiger partial charge in [-0.25, -0.2) is 0 Å². The zero-order valence-electron chi connectivity index (χ0n) is 12.2. The summed E-state index contributed by atoms with van der Waals surface area (Å²) in [5.41, 5.74) is -0.283. The van der Waals surface area contributed by atoms with Crippen LogP contribution in [0.4, 0.5) is 0 Å². The van der Waals surface area contributed by atoms with Gasteiger partial charge in [0.2, 0.25) is 5.91 Å². The van der Waals surface area contributed by atoms with E-state index in [1.807, 2.05) is 27.7 Å². The summed E-state index contributed by atoms with van der Waals surface area (Å²) in [4.78, 5) is 23.2. The van der Waals surface area contributed by atoms with Crippen LogP contribution in [-0.4, -0.2) is 35.7 Å². The molecule has 1 aliphatic heterocycles. The maximum Gasteiger partial charge on any atom is 0.305 e. The maximum absolute atomic E-state index is 12.3. The summed E-state index contributed by atoms with van der Waals surface area (Å²) in [6.07, 6.45) is 1.43. The predicted molar refractivity (Wildman–Crippen MR) is 71.8 cm³/mol. The molecule has 0 aliphatic carbocycles. The number of rotatable bonds is 5. The van der Waals surface area contributed by atoms with Crippen molar-refractivity contribution >= 4 is 11.9 Å². The number of amides is 1. The molecule has 1 rings (SSSR count). The Balaban J connectivity index is 2.68. The third-order valence-electron chi connectivity index (χ3n) is 3.69. The minimum absolute atomic E-state index is 0.0366. The Morgan fingerprint density at radius 1 is 1.42 bits per heavy atom. The Morgan fingerprint density at radius 2 is 2.05 bits per heavy atom. The number of carbonyl (C=O) groups is 2. The summed E-state index contributed by atoms with van der Waals surface area (Å²) < 4.78 is 5.51. The molecule has 110 valence electrons. The van der Waals surface area contributed by atoms with Gasteiger partial charge in [0.05, 0.1) is 18.4 Å². The van der Waals surface area contributed by atoms with E-state index in [-0.39, 0.29) is 35.8 Å². The highest BCUT2D eigenvalue weighted by Crippen LogP contribution is 2.26. The first-order valence-electron chi connectivity index (χ1n) is 6.89. The fraction of sp³-hybridized carbons (Fsp3) is 0.857. The number of hydrogen-bond acceptors (Lipinski definition) is 3. The quantitative estimate of drug-likeness (QED) is 0.799. The van der Waals surface area contributed by atoms with Crippen LogP contribution in [0.5, 0.6) is 0 Å². The molecular weight excluding hydrogens is 246 g/mol. The van der Waals surface area contributed by atoms with Gasteiger partial charge in [-0.3, -0.25) is 9.59 Å². The van der Waals surface area contributed by atoms with Gasteiger partial charge in [-0.15, -0.1) is 0 Å². The average Bonchev–Trinajstić information content (AvgIpc) is 2.74. The van der Waals surface area contributed by atoms with Crippen molar-refractivity contribution in [1.82, 2.24) is 5.32 Å². The van der Waals surface area contributed by atoms with E-state index in [9.17, 15) is 9.59 Å². The molecule has 0 bridgehead atoms. The third kappa shape index (κ3) is 4.49. The number of carboxylic acid groups (broad SMARTS) is 1. The first-order valence-corrected chi connectivity index (χ1v) is 6.89. The molecule has 1 aliphatic rings. The van der Waals surface area contributed by atoms with Crippen molar-refractivity contribution in [2.75, 3.05) is 6.61 Å². The third-order valence-corrected chi connectivity index (χ3v) is 3.69. The normalized spacial score (nSPS) is 25.1. The minimum Gasteiger partial charge on any atom is -0.481 e. The van der Waals surface area contributed by atoms with Gasteiger partial charge in [-0.1, -0.05) is 27.7 Å². The first kappa shape index (κ1) is 16.0. The van der Waals surface area contributed by atoms with Crippen LogP contribution in [0, 0.1) is 11.3 Å². The van der Waals surface area contributed by atoms with Crippen molar-refractivity contribution in [3.63, 3.8) is 0 Å². The highest BCUT2D eigenvalue weighted by atomic mass is 16.5. The van der Waals surface area contributed by atoms with Crippen LogP contribution in [-0.2, 0) is 14.3 Å². The van der Waals surface area contributed by atoms with E-state index in [1.54, 1.807) is 0 Å². The number of carboxylic acids is 1. The molecule has 0 aromatic rings. The topological polar surface area (TPSA) is 75.6 Å². The molecule has 5 heteroatoms. The van der Waals surface area contributed by atoms with E-state index in [0.29, 0.717) is 13.0 Å². The zero-order chi connectivity index (χ0) is 14.6. The second kappa shape index (κ2) is 6.37. The van der Waals surface area contributed by atoms with E-state index < -0.39 is 5.97 Å². The van der Waals surface area contributed by atoms with Crippen molar-refractivity contribution in [3.8, 4) is 0 Å². The Kier molecular flexibility index (Phi) is 5.35. The Labute approximate surface area is 114 Å². The predicted octanol–water partition coefficient (Wildman–Crippen LogP) is 1.81. The van der Waals surface area contributed by atoms with Gasteiger partial charge in [-0.2, -0.15) is 0 Å². The largest absolute Gasteiger partial charge is 0.481 e. The Hall–Kier alpha value is -1.10. The molecule has 1 fully saturated rings. The molecule has 19 heavy (non-hydrogen) atoms. The number of hydrogen-bond donors (Lipinski definition) is 2. The minimum atomic E-state index is -0.894. The van der Waals surface area contributed by atoms with Crippen LogP contribution in [0.1, 0.15) is 47.0 Å². The fourth-order valence-electron chi connectivity index (χ4n) is 2.38. The first-order chi connectivity index (χ1) is 8.75. The molecule has 0 saturated carbocycles. The van der Waals surface area contributed by atoms with Crippen LogP contribution in [0.25, 0.3) is 0 Å². The highest BCUT2D eigenvalue weighted by molar-refractivity contribution is 5.80. The molecule has 0 radical (unpaired) electrons. The lowest BCUT2D eigenvalue weighted by molar-refractivity contribution is -0.138. The van der Waals surface area contributed by atoms with E-state index in [1.165, 1.54) is 0 Å². The Morgan fingerprint density at radius 3 is 2.53 bits per heavy atom. The lowest BCUT2D eigenvalue weighted by Crippen LogP contribution is -2.48. The summed E-state index contributed by atoms with van der Waals surface area (Å²) in [6.45, 7) is 8.40.